The molecular weight excluding hydrogens is 230 g/mol. The van der Waals surface area contributed by atoms with Crippen LogP contribution in [-0.2, 0) is 0 Å². The summed E-state index contributed by atoms with van der Waals surface area (Å²) in [7, 11) is 0. The molecule has 0 amide bonds. The van der Waals surface area contributed by atoms with Crippen molar-refractivity contribution in [3.05, 3.63) is 29.8 Å². The number of rotatable bonds is 3. The van der Waals surface area contributed by atoms with Crippen LogP contribution in [-0.4, -0.2) is 29.7 Å². The van der Waals surface area contributed by atoms with E-state index in [1.54, 1.807) is 0 Å². The molecule has 1 atom stereocenters. The van der Waals surface area contributed by atoms with Gasteiger partial charge in [0.2, 0.25) is 0 Å². The van der Waals surface area contributed by atoms with Crippen LogP contribution in [0.3, 0.4) is 0 Å². The second-order valence-electron chi connectivity index (χ2n) is 4.66. The molecular formula is C14H21NOS. The lowest BCUT2D eigenvalue weighted by atomic mass is 10.0. The van der Waals surface area contributed by atoms with Crippen molar-refractivity contribution >= 4 is 17.4 Å². The fraction of sp³-hybridized carbons (Fsp3) is 0.571. The largest absolute Gasteiger partial charge is 0.389 e. The Morgan fingerprint density at radius 3 is 2.53 bits per heavy atom. The number of hydrogen-bond acceptors (Lipinski definition) is 3. The second-order valence-corrected chi connectivity index (χ2v) is 5.79. The third kappa shape index (κ3) is 2.96. The zero-order chi connectivity index (χ0) is 12.3. The molecule has 0 saturated carbocycles. The molecule has 0 bridgehead atoms. The minimum absolute atomic E-state index is 0.385. The van der Waals surface area contributed by atoms with Gasteiger partial charge in [-0.05, 0) is 32.1 Å². The number of para-hydroxylation sites is 1. The molecule has 0 radical (unpaired) electrons. The molecule has 94 valence electrons. The zero-order valence-electron chi connectivity index (χ0n) is 10.6. The summed E-state index contributed by atoms with van der Waals surface area (Å²) in [4.78, 5) is 2.41. The van der Waals surface area contributed by atoms with E-state index < -0.39 is 0 Å². The van der Waals surface area contributed by atoms with E-state index in [2.05, 4.69) is 23.3 Å². The van der Waals surface area contributed by atoms with E-state index >= 15 is 0 Å². The maximum Gasteiger partial charge on any atom is 0.0781 e. The van der Waals surface area contributed by atoms with Gasteiger partial charge in [0.15, 0.2) is 0 Å². The van der Waals surface area contributed by atoms with Crippen molar-refractivity contribution < 1.29 is 5.11 Å². The minimum Gasteiger partial charge on any atom is -0.389 e. The van der Waals surface area contributed by atoms with Crippen LogP contribution < -0.4 is 4.90 Å². The summed E-state index contributed by atoms with van der Waals surface area (Å²) < 4.78 is 0. The standard InChI is InChI=1S/C14H21NOS/c1-11(16)13-5-3-4-6-14(13)15-9-7-12(17-2)8-10-15/h3-6,11-12,16H,7-10H2,1-2H3/t11-/m1/s1. The summed E-state index contributed by atoms with van der Waals surface area (Å²) >= 11 is 1.98. The number of benzene rings is 1. The summed E-state index contributed by atoms with van der Waals surface area (Å²) in [6.07, 6.45) is 4.30. The maximum atomic E-state index is 9.80. The molecule has 1 aliphatic rings. The summed E-state index contributed by atoms with van der Waals surface area (Å²) in [5, 5.41) is 10.6. The first-order valence-corrected chi connectivity index (χ1v) is 7.56. The third-order valence-corrected chi connectivity index (χ3v) is 4.64. The van der Waals surface area contributed by atoms with Crippen molar-refractivity contribution in [3.8, 4) is 0 Å². The first-order chi connectivity index (χ1) is 8.22. The highest BCUT2D eigenvalue weighted by molar-refractivity contribution is 7.99. The lowest BCUT2D eigenvalue weighted by Crippen LogP contribution is -2.35. The molecule has 1 aromatic rings. The number of nitrogens with zero attached hydrogens (tertiary/aromatic N) is 1. The van der Waals surface area contributed by atoms with Gasteiger partial charge in [-0.3, -0.25) is 0 Å². The van der Waals surface area contributed by atoms with E-state index in [4.69, 9.17) is 0 Å². The van der Waals surface area contributed by atoms with E-state index in [-0.39, 0.29) is 6.10 Å². The summed E-state index contributed by atoms with van der Waals surface area (Å²) in [6, 6.07) is 8.21. The lowest BCUT2D eigenvalue weighted by molar-refractivity contribution is 0.199. The molecule has 1 fully saturated rings. The molecule has 17 heavy (non-hydrogen) atoms. The van der Waals surface area contributed by atoms with Crippen LogP contribution in [0.4, 0.5) is 5.69 Å². The van der Waals surface area contributed by atoms with Gasteiger partial charge in [0.05, 0.1) is 6.10 Å². The molecule has 2 nitrogen and oxygen atoms in total. The Morgan fingerprint density at radius 2 is 1.94 bits per heavy atom. The summed E-state index contributed by atoms with van der Waals surface area (Å²) in [5.74, 6) is 0. The van der Waals surface area contributed by atoms with Gasteiger partial charge in [0, 0.05) is 29.6 Å². The van der Waals surface area contributed by atoms with Crippen LogP contribution in [0.25, 0.3) is 0 Å². The molecule has 0 spiro atoms. The van der Waals surface area contributed by atoms with Crippen LogP contribution in [0.5, 0.6) is 0 Å². The molecule has 0 unspecified atom stereocenters. The molecule has 3 heteroatoms. The number of thioether (sulfide) groups is 1. The van der Waals surface area contributed by atoms with E-state index in [9.17, 15) is 5.11 Å². The number of piperidine rings is 1. The highest BCUT2D eigenvalue weighted by Crippen LogP contribution is 2.30. The van der Waals surface area contributed by atoms with E-state index in [0.29, 0.717) is 0 Å². The van der Waals surface area contributed by atoms with Crippen molar-refractivity contribution in [2.45, 2.75) is 31.1 Å². The SMILES string of the molecule is CSC1CCN(c2ccccc2[C@@H](C)O)CC1. The van der Waals surface area contributed by atoms with Gasteiger partial charge in [-0.15, -0.1) is 0 Å². The number of hydrogen-bond donors (Lipinski definition) is 1. The highest BCUT2D eigenvalue weighted by Gasteiger charge is 2.20. The summed E-state index contributed by atoms with van der Waals surface area (Å²) in [6.45, 7) is 4.05. The van der Waals surface area contributed by atoms with Crippen molar-refractivity contribution in [2.24, 2.45) is 0 Å². The topological polar surface area (TPSA) is 23.5 Å². The van der Waals surface area contributed by atoms with E-state index in [0.717, 1.165) is 23.9 Å². The molecule has 0 aromatic heterocycles. The van der Waals surface area contributed by atoms with Crippen LogP contribution in [0.2, 0.25) is 0 Å². The maximum absolute atomic E-state index is 9.80. The van der Waals surface area contributed by atoms with E-state index in [1.165, 1.54) is 18.5 Å². The first-order valence-electron chi connectivity index (χ1n) is 6.27. The Morgan fingerprint density at radius 1 is 1.29 bits per heavy atom. The normalized spacial score (nSPS) is 19.4. The van der Waals surface area contributed by atoms with Crippen LogP contribution in [0, 0.1) is 0 Å². The number of anilines is 1. The Bertz CT molecular complexity index is 359. The molecule has 1 N–H and O–H groups in total. The fourth-order valence-electron chi connectivity index (χ4n) is 2.46. The predicted octanol–water partition coefficient (Wildman–Crippen LogP) is 3.07. The quantitative estimate of drug-likeness (QED) is 0.893. The van der Waals surface area contributed by atoms with Gasteiger partial charge in [0.25, 0.3) is 0 Å². The highest BCUT2D eigenvalue weighted by atomic mass is 32.2. The minimum atomic E-state index is -0.385. The van der Waals surface area contributed by atoms with Crippen molar-refractivity contribution in [3.63, 3.8) is 0 Å². The molecule has 1 aromatic carbocycles. The fourth-order valence-corrected chi connectivity index (χ4v) is 3.14. The average Bonchev–Trinajstić information content (AvgIpc) is 2.39. The number of aliphatic hydroxyl groups is 1. The molecule has 1 aliphatic heterocycles. The van der Waals surface area contributed by atoms with Crippen LogP contribution in [0.15, 0.2) is 24.3 Å². The molecule has 0 aliphatic carbocycles. The van der Waals surface area contributed by atoms with Crippen LogP contribution >= 0.6 is 11.8 Å². The van der Waals surface area contributed by atoms with Crippen molar-refractivity contribution in [1.29, 1.82) is 0 Å². The van der Waals surface area contributed by atoms with Crippen molar-refractivity contribution in [2.75, 3.05) is 24.2 Å². The Hall–Kier alpha value is -0.670. The lowest BCUT2D eigenvalue weighted by Gasteiger charge is -2.34. The van der Waals surface area contributed by atoms with Crippen molar-refractivity contribution in [1.82, 2.24) is 0 Å². The average molecular weight is 251 g/mol. The Labute approximate surface area is 108 Å². The monoisotopic (exact) mass is 251 g/mol. The predicted molar refractivity (Wildman–Crippen MR) is 75.8 cm³/mol. The van der Waals surface area contributed by atoms with Gasteiger partial charge in [-0.25, -0.2) is 0 Å². The molecule has 1 heterocycles. The Balaban J connectivity index is 2.13. The van der Waals surface area contributed by atoms with Gasteiger partial charge in [-0.1, -0.05) is 18.2 Å². The van der Waals surface area contributed by atoms with Gasteiger partial charge in [0.1, 0.15) is 0 Å². The third-order valence-electron chi connectivity index (χ3n) is 3.50. The van der Waals surface area contributed by atoms with Crippen LogP contribution in [0.1, 0.15) is 31.4 Å². The van der Waals surface area contributed by atoms with Gasteiger partial charge in [-0.2, -0.15) is 11.8 Å². The molecule has 2 rings (SSSR count). The smallest absolute Gasteiger partial charge is 0.0781 e. The summed E-state index contributed by atoms with van der Waals surface area (Å²) in [5.41, 5.74) is 2.26. The Kier molecular flexibility index (Phi) is 4.35. The van der Waals surface area contributed by atoms with Gasteiger partial charge < -0.3 is 10.0 Å². The zero-order valence-corrected chi connectivity index (χ0v) is 11.4. The number of aliphatic hydroxyl groups excluding tert-OH is 1. The van der Waals surface area contributed by atoms with Gasteiger partial charge >= 0.3 is 0 Å². The first kappa shape index (κ1) is 12.8. The van der Waals surface area contributed by atoms with E-state index in [1.807, 2.05) is 30.8 Å². The second kappa shape index (κ2) is 5.78. The molecule has 1 saturated heterocycles.